The van der Waals surface area contributed by atoms with Crippen molar-refractivity contribution in [3.63, 3.8) is 0 Å². The summed E-state index contributed by atoms with van der Waals surface area (Å²) < 4.78 is 3.14. The highest BCUT2D eigenvalue weighted by Crippen LogP contribution is 2.21. The molecule has 3 rings (SSSR count). The number of hydrogen-bond acceptors (Lipinski definition) is 4. The van der Waals surface area contributed by atoms with Gasteiger partial charge in [-0.1, -0.05) is 18.5 Å². The lowest BCUT2D eigenvalue weighted by atomic mass is 10.2. The quantitative estimate of drug-likeness (QED) is 0.709. The molecule has 18 heavy (non-hydrogen) atoms. The molecule has 0 bridgehead atoms. The highest BCUT2D eigenvalue weighted by atomic mass is 32.1. The molecule has 0 aromatic heterocycles. The van der Waals surface area contributed by atoms with Crippen molar-refractivity contribution >= 4 is 11.5 Å². The molecule has 1 aliphatic carbocycles. The molecule has 0 radical (unpaired) electrons. The number of aryl methyl sites for hydroxylation is 2. The third-order valence-corrected chi connectivity index (χ3v) is 4.28. The van der Waals surface area contributed by atoms with E-state index >= 15 is 0 Å². The van der Waals surface area contributed by atoms with Crippen molar-refractivity contribution < 1.29 is 0 Å². The highest BCUT2D eigenvalue weighted by molar-refractivity contribution is 7.04. The van der Waals surface area contributed by atoms with Crippen LogP contribution in [0, 0.1) is 16.7 Å². The molecule has 0 unspecified atom stereocenters. The van der Waals surface area contributed by atoms with Gasteiger partial charge in [0.1, 0.15) is 12.0 Å². The molecule has 0 atom stereocenters. The predicted molar refractivity (Wildman–Crippen MR) is 71.1 cm³/mol. The van der Waals surface area contributed by atoms with Gasteiger partial charge in [0.2, 0.25) is 0 Å². The van der Waals surface area contributed by atoms with E-state index in [1.807, 2.05) is 13.0 Å². The third-order valence-electron chi connectivity index (χ3n) is 2.99. The minimum Gasteiger partial charge on any atom is -0.302 e. The summed E-state index contributed by atoms with van der Waals surface area (Å²) in [5.41, 5.74) is 2.67. The van der Waals surface area contributed by atoms with Crippen molar-refractivity contribution in [2.24, 2.45) is 0 Å². The van der Waals surface area contributed by atoms with Gasteiger partial charge in [-0.05, 0) is 19.4 Å². The van der Waals surface area contributed by atoms with Gasteiger partial charge in [0.25, 0.3) is 0 Å². The van der Waals surface area contributed by atoms with Crippen LogP contribution in [-0.2, 0) is 6.54 Å². The lowest BCUT2D eigenvalue weighted by Gasteiger charge is -2.09. The zero-order valence-electron chi connectivity index (χ0n) is 10.3. The van der Waals surface area contributed by atoms with Gasteiger partial charge >= 0.3 is 0 Å². The molecule has 0 N–H and O–H groups in total. The Bertz CT molecular complexity index is 789. The van der Waals surface area contributed by atoms with Crippen LogP contribution in [0.25, 0.3) is 11.4 Å². The van der Waals surface area contributed by atoms with Gasteiger partial charge in [0.15, 0.2) is 5.43 Å². The summed E-state index contributed by atoms with van der Waals surface area (Å²) >= 11 is 1.60. The number of hydrogen-bond donors (Lipinski definition) is 0. The van der Waals surface area contributed by atoms with Gasteiger partial charge < -0.3 is 3.96 Å². The molecule has 4 nitrogen and oxygen atoms in total. The van der Waals surface area contributed by atoms with E-state index in [0.29, 0.717) is 5.69 Å². The largest absolute Gasteiger partial charge is 0.302 e. The van der Waals surface area contributed by atoms with E-state index < -0.39 is 0 Å². The molecule has 2 heterocycles. The van der Waals surface area contributed by atoms with Crippen LogP contribution in [0.2, 0.25) is 0 Å². The molecule has 0 aromatic rings. The van der Waals surface area contributed by atoms with Crippen LogP contribution >= 0.6 is 11.5 Å². The van der Waals surface area contributed by atoms with Gasteiger partial charge in [-0.2, -0.15) is 0 Å². The second-order valence-electron chi connectivity index (χ2n) is 4.34. The van der Waals surface area contributed by atoms with Crippen molar-refractivity contribution in [3.8, 4) is 11.4 Å². The third kappa shape index (κ3) is 1.62. The maximum absolute atomic E-state index is 12.0. The zero-order chi connectivity index (χ0) is 12.7. The zero-order valence-corrected chi connectivity index (χ0v) is 11.1. The summed E-state index contributed by atoms with van der Waals surface area (Å²) in [6.07, 6.45) is 2.58. The normalized spacial score (nSPS) is 11.4. The number of fused-ring (bicyclic) bond motifs is 2. The fourth-order valence-electron chi connectivity index (χ4n) is 2.12. The summed E-state index contributed by atoms with van der Waals surface area (Å²) in [7, 11) is 0. The lowest BCUT2D eigenvalue weighted by Crippen LogP contribution is -2.08. The van der Waals surface area contributed by atoms with E-state index in [0.717, 1.165) is 34.1 Å². The van der Waals surface area contributed by atoms with Crippen LogP contribution in [0.15, 0.2) is 23.3 Å². The summed E-state index contributed by atoms with van der Waals surface area (Å²) in [6, 6.07) is 3.53. The predicted octanol–water partition coefficient (Wildman–Crippen LogP) is 2.25. The van der Waals surface area contributed by atoms with Crippen LogP contribution in [0.3, 0.4) is 0 Å². The van der Waals surface area contributed by atoms with E-state index in [1.54, 1.807) is 17.6 Å². The molecule has 0 spiro atoms. The standard InChI is InChI=1S/C13H13N3OS/c1-3-4-16-8(2)5-9-11(17)6-10-12(13(9)18-16)15-7-14-10/h5-7H,3-4H2,1-2H3. The molecule has 92 valence electrons. The van der Waals surface area contributed by atoms with Gasteiger partial charge in [-0.15, -0.1) is 0 Å². The van der Waals surface area contributed by atoms with E-state index in [-0.39, 0.29) is 5.43 Å². The van der Waals surface area contributed by atoms with E-state index in [2.05, 4.69) is 20.8 Å². The van der Waals surface area contributed by atoms with Crippen molar-refractivity contribution in [2.45, 2.75) is 26.8 Å². The first-order valence-corrected chi connectivity index (χ1v) is 6.73. The second-order valence-corrected chi connectivity index (χ2v) is 5.37. The van der Waals surface area contributed by atoms with Crippen LogP contribution in [-0.4, -0.2) is 13.9 Å². The first-order valence-electron chi connectivity index (χ1n) is 5.96. The summed E-state index contributed by atoms with van der Waals surface area (Å²) in [5.74, 6) is 0. The molecular formula is C13H13N3OS. The van der Waals surface area contributed by atoms with Crippen molar-refractivity contribution in [1.29, 1.82) is 0 Å². The van der Waals surface area contributed by atoms with Crippen LogP contribution < -0.4 is 5.43 Å². The van der Waals surface area contributed by atoms with E-state index in [1.165, 1.54) is 6.33 Å². The van der Waals surface area contributed by atoms with E-state index in [4.69, 9.17) is 0 Å². The Morgan fingerprint density at radius 3 is 2.94 bits per heavy atom. The Morgan fingerprint density at radius 2 is 2.17 bits per heavy atom. The van der Waals surface area contributed by atoms with Gasteiger partial charge in [0, 0.05) is 23.5 Å². The topological polar surface area (TPSA) is 47.8 Å². The van der Waals surface area contributed by atoms with E-state index in [9.17, 15) is 4.79 Å². The monoisotopic (exact) mass is 259 g/mol. The van der Waals surface area contributed by atoms with Crippen LogP contribution in [0.1, 0.15) is 19.0 Å². The smallest absolute Gasteiger partial charge is 0.189 e. The fraction of sp³-hybridized carbons (Fsp3) is 0.308. The van der Waals surface area contributed by atoms with Crippen molar-refractivity contribution in [1.82, 2.24) is 13.9 Å². The highest BCUT2D eigenvalue weighted by Gasteiger charge is 2.12. The molecular weight excluding hydrogens is 246 g/mol. The molecule has 0 amide bonds. The molecule has 0 saturated carbocycles. The second kappa shape index (κ2) is 4.17. The average Bonchev–Trinajstić information content (AvgIpc) is 2.79. The van der Waals surface area contributed by atoms with Crippen molar-refractivity contribution in [3.05, 3.63) is 44.1 Å². The van der Waals surface area contributed by atoms with Crippen LogP contribution in [0.5, 0.6) is 0 Å². The maximum atomic E-state index is 12.0. The van der Waals surface area contributed by atoms with Gasteiger partial charge in [-0.3, -0.25) is 4.79 Å². The molecule has 0 saturated heterocycles. The molecule has 0 fully saturated rings. The molecule has 3 aliphatic rings. The number of aromatic nitrogens is 3. The average molecular weight is 259 g/mol. The molecule has 0 aromatic carbocycles. The Hall–Kier alpha value is -1.75. The Kier molecular flexibility index (Phi) is 2.63. The minimum atomic E-state index is 0.0287. The number of nitrogens with zero attached hydrogens (tertiary/aromatic N) is 3. The summed E-state index contributed by atoms with van der Waals surface area (Å²) in [6.45, 7) is 5.14. The lowest BCUT2D eigenvalue weighted by molar-refractivity contribution is 0.709. The SMILES string of the molecule is CCCn1sc2c3ncnc-3cc(=O)c=2cc1C. The van der Waals surface area contributed by atoms with Gasteiger partial charge in [0.05, 0.1) is 10.2 Å². The van der Waals surface area contributed by atoms with Crippen molar-refractivity contribution in [2.75, 3.05) is 0 Å². The Morgan fingerprint density at radius 1 is 1.33 bits per heavy atom. The number of imidazole rings is 1. The summed E-state index contributed by atoms with van der Waals surface area (Å²) in [4.78, 5) is 20.4. The number of rotatable bonds is 2. The molecule has 2 aliphatic heterocycles. The Labute approximate surface area is 108 Å². The fourth-order valence-corrected chi connectivity index (χ4v) is 3.31. The maximum Gasteiger partial charge on any atom is 0.189 e. The first-order chi connectivity index (χ1) is 8.70. The molecule has 5 heteroatoms. The van der Waals surface area contributed by atoms with Crippen LogP contribution in [0.4, 0.5) is 0 Å². The minimum absolute atomic E-state index is 0.0287. The first kappa shape index (κ1) is 11.3. The summed E-state index contributed by atoms with van der Waals surface area (Å²) in [5, 5.41) is 0.748. The van der Waals surface area contributed by atoms with Gasteiger partial charge in [-0.25, -0.2) is 9.97 Å². The Balaban J connectivity index is 2.48.